The molecule has 0 radical (unpaired) electrons. The minimum Gasteiger partial charge on any atom is -0.366 e. The third kappa shape index (κ3) is 6.62. The van der Waals surface area contributed by atoms with Gasteiger partial charge in [0.15, 0.2) is 0 Å². The highest BCUT2D eigenvalue weighted by Crippen LogP contribution is 2.05. The quantitative estimate of drug-likeness (QED) is 0.608. The van der Waals surface area contributed by atoms with E-state index >= 15 is 0 Å². The summed E-state index contributed by atoms with van der Waals surface area (Å²) in [5.74, 6) is 0. The summed E-state index contributed by atoms with van der Waals surface area (Å²) in [7, 11) is 0. The first-order chi connectivity index (χ1) is 5.89. The molecule has 1 N–H and O–H groups in total. The van der Waals surface area contributed by atoms with Gasteiger partial charge in [-0.1, -0.05) is 26.7 Å². The van der Waals surface area contributed by atoms with Crippen LogP contribution >= 0.6 is 0 Å². The van der Waals surface area contributed by atoms with Crippen LogP contribution in [0.3, 0.4) is 0 Å². The first-order valence-electron chi connectivity index (χ1n) is 5.21. The molecule has 0 spiro atoms. The fourth-order valence-electron chi connectivity index (χ4n) is 1.21. The number of nitrogens with one attached hydrogen (secondary N) is 1. The van der Waals surface area contributed by atoms with Gasteiger partial charge in [-0.25, -0.2) is 0 Å². The Hall–Kier alpha value is -0.0800. The van der Waals surface area contributed by atoms with Crippen LogP contribution in [0.2, 0.25) is 0 Å². The lowest BCUT2D eigenvalue weighted by atomic mass is 10.1. The Kier molecular flexibility index (Phi) is 8.95. The van der Waals surface area contributed by atoms with Gasteiger partial charge in [-0.3, -0.25) is 5.32 Å². The Labute approximate surface area is 76.7 Å². The summed E-state index contributed by atoms with van der Waals surface area (Å²) in [6.07, 6.45) is 5.20. The monoisotopic (exact) mass is 173 g/mol. The highest BCUT2D eigenvalue weighted by Gasteiger charge is 2.02. The molecule has 1 saturated heterocycles. The molecule has 1 heterocycles. The number of hydrogen-bond acceptors (Lipinski definition) is 2. The van der Waals surface area contributed by atoms with Crippen molar-refractivity contribution < 1.29 is 4.74 Å². The Morgan fingerprint density at radius 2 is 1.92 bits per heavy atom. The second kappa shape index (κ2) is 9.01. The van der Waals surface area contributed by atoms with Gasteiger partial charge in [0.2, 0.25) is 0 Å². The maximum absolute atomic E-state index is 5.31. The minimum atomic E-state index is 0.637. The van der Waals surface area contributed by atoms with Crippen molar-refractivity contribution in [2.75, 3.05) is 13.3 Å². The van der Waals surface area contributed by atoms with E-state index in [1.165, 1.54) is 25.7 Å². The smallest absolute Gasteiger partial charge is 0.0967 e. The molecular weight excluding hydrogens is 150 g/mol. The second-order valence-corrected chi connectivity index (χ2v) is 3.01. The molecule has 0 aromatic heterocycles. The second-order valence-electron chi connectivity index (χ2n) is 3.01. The number of rotatable bonds is 0. The topological polar surface area (TPSA) is 21.3 Å². The lowest BCUT2D eigenvalue weighted by Crippen LogP contribution is -2.27. The van der Waals surface area contributed by atoms with Crippen molar-refractivity contribution >= 4 is 0 Å². The summed E-state index contributed by atoms with van der Waals surface area (Å²) in [4.78, 5) is 0. The zero-order valence-electron chi connectivity index (χ0n) is 8.73. The Morgan fingerprint density at radius 1 is 1.17 bits per heavy atom. The summed E-state index contributed by atoms with van der Waals surface area (Å²) in [5, 5.41) is 3.30. The normalized spacial score (nSPS) is 25.8. The summed E-state index contributed by atoms with van der Waals surface area (Å²) in [5.41, 5.74) is 0. The molecule has 0 bridgehead atoms. The molecule has 0 amide bonds. The van der Waals surface area contributed by atoms with E-state index in [9.17, 15) is 0 Å². The molecule has 0 aromatic rings. The van der Waals surface area contributed by atoms with Crippen molar-refractivity contribution in [3.8, 4) is 0 Å². The molecule has 0 aliphatic carbocycles. The molecule has 0 saturated carbocycles. The van der Waals surface area contributed by atoms with Gasteiger partial charge >= 0.3 is 0 Å². The van der Waals surface area contributed by atoms with E-state index in [0.29, 0.717) is 6.04 Å². The van der Waals surface area contributed by atoms with Crippen LogP contribution in [0.1, 0.15) is 46.5 Å². The Bertz CT molecular complexity index is 75.9. The molecule has 1 aliphatic heterocycles. The summed E-state index contributed by atoms with van der Waals surface area (Å²) in [6.45, 7) is 7.88. The van der Waals surface area contributed by atoms with Crippen LogP contribution in [0.4, 0.5) is 0 Å². The van der Waals surface area contributed by atoms with Gasteiger partial charge < -0.3 is 4.74 Å². The van der Waals surface area contributed by atoms with Gasteiger partial charge in [-0.15, -0.1) is 0 Å². The molecule has 2 nitrogen and oxygen atoms in total. The lowest BCUT2D eigenvalue weighted by Gasteiger charge is -2.10. The first-order valence-corrected chi connectivity index (χ1v) is 5.21. The van der Waals surface area contributed by atoms with Crippen LogP contribution in [-0.2, 0) is 4.74 Å². The zero-order valence-corrected chi connectivity index (χ0v) is 8.73. The van der Waals surface area contributed by atoms with E-state index in [1.807, 2.05) is 13.8 Å². The van der Waals surface area contributed by atoms with Gasteiger partial charge in [0, 0.05) is 12.6 Å². The number of hydrogen-bond donors (Lipinski definition) is 1. The van der Waals surface area contributed by atoms with Crippen LogP contribution in [0.15, 0.2) is 0 Å². The molecule has 1 aliphatic rings. The van der Waals surface area contributed by atoms with E-state index in [4.69, 9.17) is 4.74 Å². The van der Waals surface area contributed by atoms with Crippen molar-refractivity contribution in [2.24, 2.45) is 0 Å². The summed E-state index contributed by atoms with van der Waals surface area (Å²) in [6, 6.07) is 0.637. The standard InChI is InChI=1S/C8H17NO.C2H6/c1-8-5-3-2-4-6-10-7-9-8;1-2/h8-9H,2-7H2,1H3;1-2H3. The first kappa shape index (κ1) is 11.9. The van der Waals surface area contributed by atoms with E-state index in [-0.39, 0.29) is 0 Å². The maximum atomic E-state index is 5.31. The van der Waals surface area contributed by atoms with Crippen molar-refractivity contribution in [3.05, 3.63) is 0 Å². The molecule has 1 unspecified atom stereocenters. The molecule has 74 valence electrons. The van der Waals surface area contributed by atoms with Gasteiger partial charge in [0.25, 0.3) is 0 Å². The zero-order chi connectivity index (χ0) is 9.23. The molecule has 1 atom stereocenters. The fourth-order valence-corrected chi connectivity index (χ4v) is 1.21. The Balaban J connectivity index is 0.000000561. The predicted molar refractivity (Wildman–Crippen MR) is 53.2 cm³/mol. The van der Waals surface area contributed by atoms with Crippen LogP contribution in [-0.4, -0.2) is 19.4 Å². The fraction of sp³-hybridized carbons (Fsp3) is 1.00. The highest BCUT2D eigenvalue weighted by molar-refractivity contribution is 4.59. The van der Waals surface area contributed by atoms with Crippen LogP contribution in [0.25, 0.3) is 0 Å². The number of ether oxygens (including phenoxy) is 1. The van der Waals surface area contributed by atoms with Gasteiger partial charge in [0.05, 0.1) is 6.73 Å². The van der Waals surface area contributed by atoms with Gasteiger partial charge in [-0.05, 0) is 19.8 Å². The van der Waals surface area contributed by atoms with Crippen molar-refractivity contribution in [2.45, 2.75) is 52.5 Å². The van der Waals surface area contributed by atoms with Crippen LogP contribution in [0, 0.1) is 0 Å². The molecular formula is C10H23NO. The van der Waals surface area contributed by atoms with Crippen molar-refractivity contribution in [1.29, 1.82) is 0 Å². The predicted octanol–water partition coefficient (Wildman–Crippen LogP) is 2.54. The van der Waals surface area contributed by atoms with E-state index in [0.717, 1.165) is 13.3 Å². The SMILES string of the molecule is CC.CC1CCCCCOCN1. The van der Waals surface area contributed by atoms with Crippen molar-refractivity contribution in [1.82, 2.24) is 5.32 Å². The third-order valence-corrected chi connectivity index (χ3v) is 1.96. The molecule has 12 heavy (non-hydrogen) atoms. The van der Waals surface area contributed by atoms with E-state index < -0.39 is 0 Å². The minimum absolute atomic E-state index is 0.637. The summed E-state index contributed by atoms with van der Waals surface area (Å²) >= 11 is 0. The van der Waals surface area contributed by atoms with Crippen LogP contribution in [0.5, 0.6) is 0 Å². The highest BCUT2D eigenvalue weighted by atomic mass is 16.5. The average Bonchev–Trinajstić information content (AvgIpc) is 2.22. The maximum Gasteiger partial charge on any atom is 0.0967 e. The molecule has 1 rings (SSSR count). The van der Waals surface area contributed by atoms with E-state index in [2.05, 4.69) is 12.2 Å². The van der Waals surface area contributed by atoms with Crippen LogP contribution < -0.4 is 5.32 Å². The lowest BCUT2D eigenvalue weighted by molar-refractivity contribution is 0.111. The van der Waals surface area contributed by atoms with Gasteiger partial charge in [0.1, 0.15) is 0 Å². The van der Waals surface area contributed by atoms with E-state index in [1.54, 1.807) is 0 Å². The van der Waals surface area contributed by atoms with Gasteiger partial charge in [-0.2, -0.15) is 0 Å². The average molecular weight is 173 g/mol. The third-order valence-electron chi connectivity index (χ3n) is 1.96. The molecule has 1 fully saturated rings. The van der Waals surface area contributed by atoms with Crippen molar-refractivity contribution in [3.63, 3.8) is 0 Å². The molecule has 2 heteroatoms. The molecule has 0 aromatic carbocycles. The Morgan fingerprint density at radius 3 is 2.67 bits per heavy atom. The summed E-state index contributed by atoms with van der Waals surface area (Å²) < 4.78 is 5.31. The largest absolute Gasteiger partial charge is 0.366 e.